The van der Waals surface area contributed by atoms with Crippen molar-refractivity contribution in [3.8, 4) is 6.07 Å². The SMILES string of the molecule is N#Cc1ncoc1C(=O)N1CCc2[nH]cnc2[C@@H]1c1cc2ccc(Cl)cn2n1. The van der Waals surface area contributed by atoms with Crippen LogP contribution in [-0.4, -0.2) is 41.9 Å². The topological polar surface area (TPSA) is 116 Å². The summed E-state index contributed by atoms with van der Waals surface area (Å²) in [5, 5.41) is 14.4. The number of imidazole rings is 1. The summed E-state index contributed by atoms with van der Waals surface area (Å²) in [6, 6.07) is 6.87. The third-order valence-electron chi connectivity index (χ3n) is 4.78. The number of oxazole rings is 1. The van der Waals surface area contributed by atoms with E-state index in [9.17, 15) is 10.1 Å². The predicted octanol–water partition coefficient (Wildman–Crippen LogP) is 2.36. The van der Waals surface area contributed by atoms with E-state index in [1.807, 2.05) is 18.2 Å². The smallest absolute Gasteiger partial charge is 0.293 e. The number of rotatable bonds is 2. The number of aromatic amines is 1. The molecule has 0 fully saturated rings. The second-order valence-electron chi connectivity index (χ2n) is 6.35. The van der Waals surface area contributed by atoms with Gasteiger partial charge in [-0.1, -0.05) is 11.6 Å². The molecule has 5 heterocycles. The van der Waals surface area contributed by atoms with Crippen LogP contribution in [0.4, 0.5) is 0 Å². The number of pyridine rings is 1. The van der Waals surface area contributed by atoms with Crippen LogP contribution in [0.3, 0.4) is 0 Å². The van der Waals surface area contributed by atoms with Gasteiger partial charge in [-0.15, -0.1) is 0 Å². The minimum Gasteiger partial charge on any atom is -0.437 e. The highest BCUT2D eigenvalue weighted by molar-refractivity contribution is 6.30. The van der Waals surface area contributed by atoms with Crippen molar-refractivity contribution < 1.29 is 9.21 Å². The third kappa shape index (κ3) is 2.46. The Hall–Kier alpha value is -3.64. The Morgan fingerprint density at radius 2 is 2.29 bits per heavy atom. The summed E-state index contributed by atoms with van der Waals surface area (Å²) in [6.45, 7) is 0.416. The van der Waals surface area contributed by atoms with E-state index in [2.05, 4.69) is 20.1 Å². The molecule has 4 aromatic rings. The molecule has 5 rings (SSSR count). The van der Waals surface area contributed by atoms with Crippen LogP contribution in [0.15, 0.2) is 41.5 Å². The molecule has 0 aromatic carbocycles. The van der Waals surface area contributed by atoms with Crippen LogP contribution < -0.4 is 0 Å². The number of nitriles is 1. The molecule has 0 spiro atoms. The van der Waals surface area contributed by atoms with Gasteiger partial charge in [-0.2, -0.15) is 10.4 Å². The van der Waals surface area contributed by atoms with Crippen molar-refractivity contribution in [2.45, 2.75) is 12.5 Å². The highest BCUT2D eigenvalue weighted by Crippen LogP contribution is 2.34. The molecule has 138 valence electrons. The van der Waals surface area contributed by atoms with Gasteiger partial charge in [-0.25, -0.2) is 14.5 Å². The van der Waals surface area contributed by atoms with Gasteiger partial charge in [0.2, 0.25) is 5.76 Å². The Morgan fingerprint density at radius 3 is 3.14 bits per heavy atom. The van der Waals surface area contributed by atoms with E-state index in [1.54, 1.807) is 28.0 Å². The molecule has 0 saturated carbocycles. The Balaban J connectivity index is 1.64. The first kappa shape index (κ1) is 16.5. The van der Waals surface area contributed by atoms with Crippen molar-refractivity contribution in [2.75, 3.05) is 6.54 Å². The molecule has 28 heavy (non-hydrogen) atoms. The maximum Gasteiger partial charge on any atom is 0.293 e. The zero-order chi connectivity index (χ0) is 19.3. The lowest BCUT2D eigenvalue weighted by Crippen LogP contribution is -2.41. The number of H-pyrrole nitrogens is 1. The van der Waals surface area contributed by atoms with Crippen molar-refractivity contribution in [3.63, 3.8) is 0 Å². The van der Waals surface area contributed by atoms with Gasteiger partial charge in [0.05, 0.1) is 28.3 Å². The number of nitrogens with one attached hydrogen (secondary N) is 1. The number of hydrogen-bond acceptors (Lipinski definition) is 6. The lowest BCUT2D eigenvalue weighted by Gasteiger charge is -2.33. The molecule has 1 atom stereocenters. The van der Waals surface area contributed by atoms with Crippen LogP contribution >= 0.6 is 11.6 Å². The molecular formula is C18H12ClN7O2. The third-order valence-corrected chi connectivity index (χ3v) is 5.00. The zero-order valence-corrected chi connectivity index (χ0v) is 15.1. The van der Waals surface area contributed by atoms with Crippen LogP contribution in [0.1, 0.15) is 39.4 Å². The minimum atomic E-state index is -0.530. The van der Waals surface area contributed by atoms with Gasteiger partial charge >= 0.3 is 0 Å². The monoisotopic (exact) mass is 393 g/mol. The quantitative estimate of drug-likeness (QED) is 0.558. The van der Waals surface area contributed by atoms with Gasteiger partial charge < -0.3 is 14.3 Å². The number of hydrogen-bond donors (Lipinski definition) is 1. The first-order valence-corrected chi connectivity index (χ1v) is 8.85. The number of halogens is 1. The summed E-state index contributed by atoms with van der Waals surface area (Å²) >= 11 is 6.06. The minimum absolute atomic E-state index is 0.0432. The van der Waals surface area contributed by atoms with Crippen LogP contribution in [0, 0.1) is 11.3 Å². The highest BCUT2D eigenvalue weighted by Gasteiger charge is 2.38. The van der Waals surface area contributed by atoms with Gasteiger partial charge in [0.15, 0.2) is 12.1 Å². The molecule has 1 amide bonds. The van der Waals surface area contributed by atoms with E-state index in [0.717, 1.165) is 17.6 Å². The van der Waals surface area contributed by atoms with E-state index in [-0.39, 0.29) is 11.5 Å². The molecule has 0 unspecified atom stereocenters. The summed E-state index contributed by atoms with van der Waals surface area (Å²) in [4.78, 5) is 26.1. The van der Waals surface area contributed by atoms with Crippen molar-refractivity contribution >= 4 is 23.0 Å². The number of aromatic nitrogens is 5. The van der Waals surface area contributed by atoms with Gasteiger partial charge in [-0.3, -0.25) is 4.79 Å². The van der Waals surface area contributed by atoms with E-state index in [4.69, 9.17) is 16.0 Å². The van der Waals surface area contributed by atoms with Gasteiger partial charge in [0.25, 0.3) is 5.91 Å². The van der Waals surface area contributed by atoms with Crippen LogP contribution in [0.5, 0.6) is 0 Å². The second kappa shape index (κ2) is 6.21. The summed E-state index contributed by atoms with van der Waals surface area (Å²) < 4.78 is 6.87. The van der Waals surface area contributed by atoms with Crippen LogP contribution in [-0.2, 0) is 6.42 Å². The lowest BCUT2D eigenvalue weighted by molar-refractivity contribution is 0.0654. The average Bonchev–Trinajstić information content (AvgIpc) is 3.43. The normalized spacial score (nSPS) is 16.1. The Labute approximate surface area is 163 Å². The van der Waals surface area contributed by atoms with Crippen LogP contribution in [0.25, 0.3) is 5.52 Å². The molecule has 0 saturated heterocycles. The van der Waals surface area contributed by atoms with E-state index in [0.29, 0.717) is 29.4 Å². The summed E-state index contributed by atoms with van der Waals surface area (Å²) in [7, 11) is 0. The Bertz CT molecular complexity index is 1250. The lowest BCUT2D eigenvalue weighted by atomic mass is 9.99. The van der Waals surface area contributed by atoms with E-state index >= 15 is 0 Å². The maximum absolute atomic E-state index is 13.2. The summed E-state index contributed by atoms with van der Waals surface area (Å²) in [5.41, 5.74) is 3.10. The largest absolute Gasteiger partial charge is 0.437 e. The first-order chi connectivity index (χ1) is 13.7. The molecule has 1 aliphatic rings. The van der Waals surface area contributed by atoms with Crippen molar-refractivity contribution in [1.82, 2.24) is 29.5 Å². The molecule has 4 aromatic heterocycles. The first-order valence-electron chi connectivity index (χ1n) is 8.47. The predicted molar refractivity (Wildman–Crippen MR) is 96.6 cm³/mol. The molecule has 1 N–H and O–H groups in total. The Kier molecular flexibility index (Phi) is 3.67. The number of carbonyl (C=O) groups is 1. The van der Waals surface area contributed by atoms with Gasteiger partial charge in [0, 0.05) is 24.9 Å². The molecule has 9 nitrogen and oxygen atoms in total. The molecule has 0 radical (unpaired) electrons. The van der Waals surface area contributed by atoms with Crippen molar-refractivity contribution in [2.24, 2.45) is 0 Å². The average molecular weight is 394 g/mol. The standard InChI is InChI=1S/C18H12ClN7O2/c19-10-1-2-11-5-13(24-26(11)7-10)16-15-12(21-8-22-15)3-4-25(16)18(27)17-14(6-20)23-9-28-17/h1-2,5,7-9,16H,3-4H2,(H,21,22)/t16-/m0/s1. The number of nitrogens with zero attached hydrogens (tertiary/aromatic N) is 6. The van der Waals surface area contributed by atoms with Crippen molar-refractivity contribution in [3.05, 3.63) is 70.7 Å². The summed E-state index contributed by atoms with van der Waals surface area (Å²) in [5.74, 6) is -0.513. The number of carbonyl (C=O) groups excluding carboxylic acids is 1. The van der Waals surface area contributed by atoms with Crippen molar-refractivity contribution in [1.29, 1.82) is 5.26 Å². The molecule has 1 aliphatic heterocycles. The highest BCUT2D eigenvalue weighted by atomic mass is 35.5. The van der Waals surface area contributed by atoms with Gasteiger partial charge in [0.1, 0.15) is 12.1 Å². The molecule has 0 aliphatic carbocycles. The van der Waals surface area contributed by atoms with Crippen LogP contribution in [0.2, 0.25) is 5.02 Å². The molecular weight excluding hydrogens is 382 g/mol. The second-order valence-corrected chi connectivity index (χ2v) is 6.78. The molecule has 10 heteroatoms. The van der Waals surface area contributed by atoms with Gasteiger partial charge in [-0.05, 0) is 18.2 Å². The summed E-state index contributed by atoms with van der Waals surface area (Å²) in [6.07, 6.45) is 5.00. The molecule has 0 bridgehead atoms. The number of fused-ring (bicyclic) bond motifs is 2. The van der Waals surface area contributed by atoms with E-state index < -0.39 is 11.9 Å². The fourth-order valence-electron chi connectivity index (χ4n) is 3.52. The fourth-order valence-corrected chi connectivity index (χ4v) is 3.67. The van der Waals surface area contributed by atoms with E-state index in [1.165, 1.54) is 0 Å². The number of amides is 1. The Morgan fingerprint density at radius 1 is 1.39 bits per heavy atom. The fraction of sp³-hybridized carbons (Fsp3) is 0.167. The maximum atomic E-state index is 13.2. The zero-order valence-electron chi connectivity index (χ0n) is 14.3.